The Balaban J connectivity index is 2.81. The monoisotopic (exact) mass is 281 g/mol. The number of methoxy groups -OCH3 is 1. The lowest BCUT2D eigenvalue weighted by Crippen LogP contribution is -2.42. The second-order valence-corrected chi connectivity index (χ2v) is 5.14. The molecule has 0 bridgehead atoms. The lowest BCUT2D eigenvalue weighted by Gasteiger charge is -2.24. The van der Waals surface area contributed by atoms with Gasteiger partial charge in [0.25, 0.3) is 0 Å². The van der Waals surface area contributed by atoms with Crippen molar-refractivity contribution < 1.29 is 14.5 Å². The molecule has 110 valence electrons. The van der Waals surface area contributed by atoms with Crippen LogP contribution < -0.4 is 15.8 Å². The standard InChI is InChI=1S/C13H19N3O4/c1-13(2,7-12(14)17)15-8-9-4-5-11(20-3)10(6-9)16(18)19/h4-6,15H,7-8H2,1-3H3,(H2,14,17). The van der Waals surface area contributed by atoms with Crippen molar-refractivity contribution in [3.63, 3.8) is 0 Å². The highest BCUT2D eigenvalue weighted by atomic mass is 16.6. The number of ether oxygens (including phenoxy) is 1. The maximum Gasteiger partial charge on any atom is 0.311 e. The van der Waals surface area contributed by atoms with E-state index in [2.05, 4.69) is 5.32 Å². The van der Waals surface area contributed by atoms with Gasteiger partial charge in [0, 0.05) is 24.6 Å². The Morgan fingerprint density at radius 1 is 1.50 bits per heavy atom. The molecule has 0 unspecified atom stereocenters. The van der Waals surface area contributed by atoms with Gasteiger partial charge in [0.2, 0.25) is 5.91 Å². The van der Waals surface area contributed by atoms with Gasteiger partial charge in [0.1, 0.15) is 0 Å². The van der Waals surface area contributed by atoms with Crippen molar-refractivity contribution in [2.24, 2.45) is 5.73 Å². The summed E-state index contributed by atoms with van der Waals surface area (Å²) in [6.07, 6.45) is 0.186. The fourth-order valence-corrected chi connectivity index (χ4v) is 1.83. The SMILES string of the molecule is COc1ccc(CNC(C)(C)CC(N)=O)cc1[N+](=O)[O-]. The Labute approximate surface area is 117 Å². The number of nitro benzene ring substituents is 1. The van der Waals surface area contributed by atoms with E-state index in [0.717, 1.165) is 5.56 Å². The Bertz CT molecular complexity index is 514. The Morgan fingerprint density at radius 2 is 2.15 bits per heavy atom. The molecule has 0 aromatic heterocycles. The number of nitrogens with zero attached hydrogens (tertiary/aromatic N) is 1. The molecule has 20 heavy (non-hydrogen) atoms. The molecule has 1 rings (SSSR count). The lowest BCUT2D eigenvalue weighted by molar-refractivity contribution is -0.385. The first-order chi connectivity index (χ1) is 9.25. The molecule has 3 N–H and O–H groups in total. The van der Waals surface area contributed by atoms with Gasteiger partial charge in [-0.05, 0) is 25.5 Å². The summed E-state index contributed by atoms with van der Waals surface area (Å²) in [5, 5.41) is 14.1. The molecular weight excluding hydrogens is 262 g/mol. The van der Waals surface area contributed by atoms with Gasteiger partial charge >= 0.3 is 5.69 Å². The predicted octanol–water partition coefficient (Wildman–Crippen LogP) is 1.35. The number of nitrogens with two attached hydrogens (primary N) is 1. The van der Waals surface area contributed by atoms with E-state index in [4.69, 9.17) is 10.5 Å². The molecule has 7 nitrogen and oxygen atoms in total. The topological polar surface area (TPSA) is 107 Å². The van der Waals surface area contributed by atoms with Gasteiger partial charge in [-0.2, -0.15) is 0 Å². The van der Waals surface area contributed by atoms with Crippen molar-refractivity contribution >= 4 is 11.6 Å². The molecule has 1 amide bonds. The number of benzene rings is 1. The van der Waals surface area contributed by atoms with Gasteiger partial charge < -0.3 is 15.8 Å². The van der Waals surface area contributed by atoms with E-state index < -0.39 is 16.4 Å². The molecule has 7 heteroatoms. The number of primary amides is 1. The summed E-state index contributed by atoms with van der Waals surface area (Å²) >= 11 is 0. The zero-order valence-corrected chi connectivity index (χ0v) is 11.8. The quantitative estimate of drug-likeness (QED) is 0.579. The third-order valence-corrected chi connectivity index (χ3v) is 2.83. The number of nitro groups is 1. The molecule has 0 spiro atoms. The Hall–Kier alpha value is -2.15. The van der Waals surface area contributed by atoms with Crippen molar-refractivity contribution in [1.82, 2.24) is 5.32 Å². The Morgan fingerprint density at radius 3 is 2.65 bits per heavy atom. The molecule has 0 saturated carbocycles. The van der Waals surface area contributed by atoms with E-state index in [9.17, 15) is 14.9 Å². The van der Waals surface area contributed by atoms with Crippen LogP contribution in [0.3, 0.4) is 0 Å². The van der Waals surface area contributed by atoms with E-state index in [1.165, 1.54) is 13.2 Å². The summed E-state index contributed by atoms with van der Waals surface area (Å²) in [5.74, 6) is -0.182. The van der Waals surface area contributed by atoms with Crippen molar-refractivity contribution in [2.75, 3.05) is 7.11 Å². The number of hydrogen-bond acceptors (Lipinski definition) is 5. The van der Waals surface area contributed by atoms with Gasteiger partial charge in [0.05, 0.1) is 12.0 Å². The van der Waals surface area contributed by atoms with Crippen LogP contribution >= 0.6 is 0 Å². The van der Waals surface area contributed by atoms with Crippen molar-refractivity contribution in [1.29, 1.82) is 0 Å². The van der Waals surface area contributed by atoms with E-state index >= 15 is 0 Å². The summed E-state index contributed by atoms with van der Waals surface area (Å²) in [6.45, 7) is 4.08. The molecule has 1 aromatic rings. The smallest absolute Gasteiger partial charge is 0.311 e. The number of rotatable bonds is 7. The highest BCUT2D eigenvalue weighted by Crippen LogP contribution is 2.27. The highest BCUT2D eigenvalue weighted by Gasteiger charge is 2.21. The highest BCUT2D eigenvalue weighted by molar-refractivity contribution is 5.75. The first-order valence-electron chi connectivity index (χ1n) is 6.10. The fourth-order valence-electron chi connectivity index (χ4n) is 1.83. The van der Waals surface area contributed by atoms with E-state index in [1.807, 2.05) is 13.8 Å². The van der Waals surface area contributed by atoms with Crippen LogP contribution in [0.5, 0.6) is 5.75 Å². The lowest BCUT2D eigenvalue weighted by atomic mass is 10.00. The number of nitrogens with one attached hydrogen (secondary N) is 1. The third kappa shape index (κ3) is 4.51. The minimum absolute atomic E-state index is 0.0838. The molecular formula is C13H19N3O4. The molecule has 1 aromatic carbocycles. The maximum absolute atomic E-state index is 10.9. The third-order valence-electron chi connectivity index (χ3n) is 2.83. The maximum atomic E-state index is 10.9. The normalized spacial score (nSPS) is 11.2. The van der Waals surface area contributed by atoms with E-state index in [-0.39, 0.29) is 17.9 Å². The largest absolute Gasteiger partial charge is 0.490 e. The van der Waals surface area contributed by atoms with E-state index in [1.54, 1.807) is 12.1 Å². The molecule has 0 aliphatic heterocycles. The second-order valence-electron chi connectivity index (χ2n) is 5.14. The molecule has 0 aliphatic rings. The van der Waals surface area contributed by atoms with Crippen LogP contribution in [0.25, 0.3) is 0 Å². The summed E-state index contributed by atoms with van der Waals surface area (Å²) in [4.78, 5) is 21.4. The van der Waals surface area contributed by atoms with Gasteiger partial charge in [-0.15, -0.1) is 0 Å². The van der Waals surface area contributed by atoms with Crippen molar-refractivity contribution in [3.8, 4) is 5.75 Å². The first kappa shape index (κ1) is 15.9. The average Bonchev–Trinajstić information content (AvgIpc) is 2.34. The number of hydrogen-bond donors (Lipinski definition) is 2. The number of carbonyl (C=O) groups excluding carboxylic acids is 1. The molecule has 0 atom stereocenters. The van der Waals surface area contributed by atoms with Gasteiger partial charge in [-0.25, -0.2) is 0 Å². The van der Waals surface area contributed by atoms with Gasteiger partial charge in [-0.1, -0.05) is 6.07 Å². The summed E-state index contributed by atoms with van der Waals surface area (Å²) in [7, 11) is 1.39. The minimum atomic E-state index is -0.489. The second kappa shape index (κ2) is 6.33. The van der Waals surface area contributed by atoms with Crippen LogP contribution in [-0.2, 0) is 11.3 Å². The summed E-state index contributed by atoms with van der Waals surface area (Å²) < 4.78 is 4.94. The zero-order valence-electron chi connectivity index (χ0n) is 11.8. The van der Waals surface area contributed by atoms with Crippen LogP contribution in [0.2, 0.25) is 0 Å². The predicted molar refractivity (Wildman–Crippen MR) is 74.4 cm³/mol. The van der Waals surface area contributed by atoms with Crippen LogP contribution in [0.1, 0.15) is 25.8 Å². The van der Waals surface area contributed by atoms with Gasteiger partial charge in [0.15, 0.2) is 5.75 Å². The van der Waals surface area contributed by atoms with Crippen LogP contribution in [0.15, 0.2) is 18.2 Å². The molecule has 0 aliphatic carbocycles. The fraction of sp³-hybridized carbons (Fsp3) is 0.462. The van der Waals surface area contributed by atoms with Crippen LogP contribution in [0, 0.1) is 10.1 Å². The van der Waals surface area contributed by atoms with Crippen LogP contribution in [0.4, 0.5) is 5.69 Å². The van der Waals surface area contributed by atoms with Crippen molar-refractivity contribution in [2.45, 2.75) is 32.4 Å². The van der Waals surface area contributed by atoms with E-state index in [0.29, 0.717) is 6.54 Å². The molecule has 0 radical (unpaired) electrons. The van der Waals surface area contributed by atoms with Crippen LogP contribution in [-0.4, -0.2) is 23.5 Å². The first-order valence-corrected chi connectivity index (χ1v) is 6.10. The molecule has 0 saturated heterocycles. The Kier molecular flexibility index (Phi) is 5.04. The summed E-state index contributed by atoms with van der Waals surface area (Å²) in [5.41, 5.74) is 5.34. The summed E-state index contributed by atoms with van der Waals surface area (Å²) in [6, 6.07) is 4.74. The van der Waals surface area contributed by atoms with Gasteiger partial charge in [-0.3, -0.25) is 14.9 Å². The minimum Gasteiger partial charge on any atom is -0.490 e. The average molecular weight is 281 g/mol. The zero-order chi connectivity index (χ0) is 15.3. The molecule has 0 fully saturated rings. The van der Waals surface area contributed by atoms with Crippen molar-refractivity contribution in [3.05, 3.63) is 33.9 Å². The number of carbonyl (C=O) groups is 1. The molecule has 0 heterocycles. The number of amides is 1.